The molecule has 1 amide bonds. The number of amides is 1. The van der Waals surface area contributed by atoms with Crippen molar-refractivity contribution in [1.82, 2.24) is 4.98 Å². The first-order chi connectivity index (χ1) is 12.7. The second kappa shape index (κ2) is 8.50. The third-order valence-corrected chi connectivity index (χ3v) is 4.67. The second-order valence-corrected chi connectivity index (χ2v) is 7.01. The summed E-state index contributed by atoms with van der Waals surface area (Å²) in [6, 6.07) is 13.0. The molecule has 0 unspecified atom stereocenters. The Balaban J connectivity index is 1.64. The molecule has 0 saturated heterocycles. The van der Waals surface area contributed by atoms with E-state index in [-0.39, 0.29) is 5.91 Å². The summed E-state index contributed by atoms with van der Waals surface area (Å²) >= 11 is 1.59. The van der Waals surface area contributed by atoms with E-state index >= 15 is 0 Å². The molecule has 132 valence electrons. The lowest BCUT2D eigenvalue weighted by atomic mass is 10.2. The fourth-order valence-electron chi connectivity index (χ4n) is 2.52. The van der Waals surface area contributed by atoms with Gasteiger partial charge < -0.3 is 10.1 Å². The summed E-state index contributed by atoms with van der Waals surface area (Å²) in [6.45, 7) is 4.40. The zero-order valence-electron chi connectivity index (χ0n) is 14.8. The summed E-state index contributed by atoms with van der Waals surface area (Å²) < 4.78 is 6.73. The topological polar surface area (TPSA) is 51.2 Å². The average molecular weight is 364 g/mol. The molecule has 3 aromatic rings. The first-order valence-corrected chi connectivity index (χ1v) is 9.28. The van der Waals surface area contributed by atoms with E-state index in [9.17, 15) is 4.79 Å². The van der Waals surface area contributed by atoms with Crippen LogP contribution in [0.2, 0.25) is 0 Å². The minimum Gasteiger partial charge on any atom is -0.493 e. The minimum absolute atomic E-state index is 0.145. The molecular weight excluding hydrogens is 344 g/mol. The molecule has 0 saturated carbocycles. The lowest BCUT2D eigenvalue weighted by Gasteiger charge is -2.09. The zero-order chi connectivity index (χ0) is 18.4. The summed E-state index contributed by atoms with van der Waals surface area (Å²) in [5.74, 6) is 6.47. The van der Waals surface area contributed by atoms with Crippen molar-refractivity contribution in [1.29, 1.82) is 0 Å². The highest BCUT2D eigenvalue weighted by atomic mass is 32.1. The summed E-state index contributed by atoms with van der Waals surface area (Å²) in [5.41, 5.74) is 2.25. The molecule has 0 fully saturated rings. The fraction of sp³-hybridized carbons (Fsp3) is 0.238. The standard InChI is InChI=1S/C21H20N2O2S/c1-3-4-5-6-12-25-18-9-7-8-17(14-18)23-21(24)16-10-11-19-20(13-16)26-15(2)22-19/h7-11,13-14H,5-6,12H2,1-2H3,(H,23,24). The highest BCUT2D eigenvalue weighted by molar-refractivity contribution is 7.18. The van der Waals surface area contributed by atoms with E-state index < -0.39 is 0 Å². The molecule has 0 aliphatic carbocycles. The van der Waals surface area contributed by atoms with Gasteiger partial charge in [0.25, 0.3) is 5.91 Å². The van der Waals surface area contributed by atoms with Gasteiger partial charge in [-0.15, -0.1) is 23.2 Å². The van der Waals surface area contributed by atoms with Gasteiger partial charge in [-0.3, -0.25) is 4.79 Å². The summed E-state index contributed by atoms with van der Waals surface area (Å²) in [5, 5.41) is 3.92. The van der Waals surface area contributed by atoms with Crippen LogP contribution in [0.15, 0.2) is 42.5 Å². The second-order valence-electron chi connectivity index (χ2n) is 5.78. The Labute approximate surface area is 157 Å². The molecular formula is C21H20N2O2S. The van der Waals surface area contributed by atoms with Crippen LogP contribution >= 0.6 is 11.3 Å². The number of nitrogens with one attached hydrogen (secondary N) is 1. The predicted molar refractivity (Wildman–Crippen MR) is 107 cm³/mol. The number of carbonyl (C=O) groups is 1. The number of hydrogen-bond acceptors (Lipinski definition) is 4. The van der Waals surface area contributed by atoms with Crippen LogP contribution in [0.5, 0.6) is 5.75 Å². The molecule has 2 aromatic carbocycles. The van der Waals surface area contributed by atoms with Crippen LogP contribution in [0.3, 0.4) is 0 Å². The van der Waals surface area contributed by atoms with Crippen molar-refractivity contribution in [3.63, 3.8) is 0 Å². The minimum atomic E-state index is -0.145. The molecule has 0 spiro atoms. The number of carbonyl (C=O) groups excluding carboxylic acids is 1. The van der Waals surface area contributed by atoms with Crippen molar-refractivity contribution >= 4 is 33.1 Å². The van der Waals surface area contributed by atoms with Gasteiger partial charge in [-0.25, -0.2) is 4.98 Å². The van der Waals surface area contributed by atoms with E-state index in [1.807, 2.05) is 50.2 Å². The molecule has 1 heterocycles. The van der Waals surface area contributed by atoms with Crippen LogP contribution in [0.4, 0.5) is 5.69 Å². The summed E-state index contributed by atoms with van der Waals surface area (Å²) in [4.78, 5) is 16.9. The Morgan fingerprint density at radius 2 is 2.15 bits per heavy atom. The Kier molecular flexibility index (Phi) is 5.88. The molecule has 1 N–H and O–H groups in total. The lowest BCUT2D eigenvalue weighted by Crippen LogP contribution is -2.11. The zero-order valence-corrected chi connectivity index (χ0v) is 15.7. The quantitative estimate of drug-likeness (QED) is 0.492. The van der Waals surface area contributed by atoms with Crippen molar-refractivity contribution in [2.45, 2.75) is 26.7 Å². The number of unbranched alkanes of at least 4 members (excludes halogenated alkanes) is 1. The molecule has 0 aliphatic rings. The molecule has 5 heteroatoms. The van der Waals surface area contributed by atoms with Gasteiger partial charge in [0.2, 0.25) is 0 Å². The van der Waals surface area contributed by atoms with E-state index in [4.69, 9.17) is 4.74 Å². The van der Waals surface area contributed by atoms with Crippen LogP contribution in [-0.4, -0.2) is 17.5 Å². The van der Waals surface area contributed by atoms with Gasteiger partial charge in [0.05, 0.1) is 21.8 Å². The average Bonchev–Trinajstić information content (AvgIpc) is 3.01. The third-order valence-electron chi connectivity index (χ3n) is 3.74. The molecule has 0 atom stereocenters. The number of aromatic nitrogens is 1. The van der Waals surface area contributed by atoms with Crippen LogP contribution in [0, 0.1) is 18.8 Å². The van der Waals surface area contributed by atoms with Gasteiger partial charge in [0.15, 0.2) is 0 Å². The number of thiazole rings is 1. The normalized spacial score (nSPS) is 10.2. The van der Waals surface area contributed by atoms with E-state index in [1.165, 1.54) is 0 Å². The Morgan fingerprint density at radius 1 is 1.27 bits per heavy atom. The summed E-state index contributed by atoms with van der Waals surface area (Å²) in [7, 11) is 0. The van der Waals surface area contributed by atoms with E-state index in [1.54, 1.807) is 17.4 Å². The predicted octanol–water partition coefficient (Wildman–Crippen LogP) is 5.04. The highest BCUT2D eigenvalue weighted by Gasteiger charge is 2.09. The Hall–Kier alpha value is -2.84. The van der Waals surface area contributed by atoms with Gasteiger partial charge in [-0.1, -0.05) is 6.07 Å². The molecule has 0 aliphatic heterocycles. The fourth-order valence-corrected chi connectivity index (χ4v) is 3.39. The Morgan fingerprint density at radius 3 is 3.00 bits per heavy atom. The SMILES string of the molecule is CC#CCCCOc1cccc(NC(=O)c2ccc3nc(C)sc3c2)c1. The van der Waals surface area contributed by atoms with Crippen molar-refractivity contribution in [2.75, 3.05) is 11.9 Å². The van der Waals surface area contributed by atoms with Gasteiger partial charge in [-0.2, -0.15) is 0 Å². The molecule has 1 aromatic heterocycles. The van der Waals surface area contributed by atoms with E-state index in [0.717, 1.165) is 33.8 Å². The molecule has 0 radical (unpaired) electrons. The number of hydrogen-bond donors (Lipinski definition) is 1. The lowest BCUT2D eigenvalue weighted by molar-refractivity contribution is 0.102. The van der Waals surface area contributed by atoms with Crippen molar-refractivity contribution in [3.05, 3.63) is 53.0 Å². The van der Waals surface area contributed by atoms with E-state index in [0.29, 0.717) is 17.9 Å². The first kappa shape index (κ1) is 18.0. The maximum atomic E-state index is 12.5. The van der Waals surface area contributed by atoms with Gasteiger partial charge in [-0.05, 0) is 50.6 Å². The maximum absolute atomic E-state index is 12.5. The number of nitrogens with zero attached hydrogens (tertiary/aromatic N) is 1. The number of anilines is 1. The number of ether oxygens (including phenoxy) is 1. The number of aryl methyl sites for hydroxylation is 1. The smallest absolute Gasteiger partial charge is 0.255 e. The Bertz CT molecular complexity index is 982. The third kappa shape index (κ3) is 4.62. The van der Waals surface area contributed by atoms with Crippen LogP contribution < -0.4 is 10.1 Å². The molecule has 3 rings (SSSR count). The van der Waals surface area contributed by atoms with Crippen LogP contribution in [0.1, 0.15) is 35.1 Å². The van der Waals surface area contributed by atoms with Gasteiger partial charge in [0, 0.05) is 23.7 Å². The van der Waals surface area contributed by atoms with Crippen molar-refractivity contribution in [3.8, 4) is 17.6 Å². The largest absolute Gasteiger partial charge is 0.493 e. The van der Waals surface area contributed by atoms with Gasteiger partial charge in [0.1, 0.15) is 5.75 Å². The summed E-state index contributed by atoms with van der Waals surface area (Å²) in [6.07, 6.45) is 1.71. The molecule has 0 bridgehead atoms. The van der Waals surface area contributed by atoms with Gasteiger partial charge >= 0.3 is 0 Å². The molecule has 26 heavy (non-hydrogen) atoms. The highest BCUT2D eigenvalue weighted by Crippen LogP contribution is 2.24. The maximum Gasteiger partial charge on any atom is 0.255 e. The number of fused-ring (bicyclic) bond motifs is 1. The number of benzene rings is 2. The molecule has 4 nitrogen and oxygen atoms in total. The van der Waals surface area contributed by atoms with Crippen LogP contribution in [-0.2, 0) is 0 Å². The van der Waals surface area contributed by atoms with Crippen molar-refractivity contribution in [2.24, 2.45) is 0 Å². The van der Waals surface area contributed by atoms with Crippen LogP contribution in [0.25, 0.3) is 10.2 Å². The number of rotatable bonds is 6. The van der Waals surface area contributed by atoms with E-state index in [2.05, 4.69) is 22.1 Å². The monoisotopic (exact) mass is 364 g/mol. The van der Waals surface area contributed by atoms with Crippen molar-refractivity contribution < 1.29 is 9.53 Å². The first-order valence-electron chi connectivity index (χ1n) is 8.47.